The van der Waals surface area contributed by atoms with Crippen LogP contribution in [0.2, 0.25) is 5.02 Å². The highest BCUT2D eigenvalue weighted by molar-refractivity contribution is 9.10. The highest BCUT2D eigenvalue weighted by Crippen LogP contribution is 2.22. The van der Waals surface area contributed by atoms with Gasteiger partial charge in [-0.05, 0) is 25.1 Å². The molecule has 0 radical (unpaired) electrons. The standard InChI is InChI=1S/C12H14BrClN2O2/c1-7(13)11(17)15-8-4-5-10(14)9(6-8)12(18)16(2)3/h4-7H,1-3H3,(H,15,17). The van der Waals surface area contributed by atoms with Gasteiger partial charge in [0.05, 0.1) is 15.4 Å². The molecule has 4 nitrogen and oxygen atoms in total. The second-order valence-electron chi connectivity index (χ2n) is 4.00. The summed E-state index contributed by atoms with van der Waals surface area (Å²) in [5.74, 6) is -0.386. The maximum atomic E-state index is 11.9. The van der Waals surface area contributed by atoms with Gasteiger partial charge >= 0.3 is 0 Å². The number of rotatable bonds is 3. The van der Waals surface area contributed by atoms with Crippen molar-refractivity contribution < 1.29 is 9.59 Å². The number of benzene rings is 1. The van der Waals surface area contributed by atoms with Crippen LogP contribution in [-0.2, 0) is 4.79 Å². The maximum Gasteiger partial charge on any atom is 0.254 e. The molecule has 0 fully saturated rings. The molecule has 2 amide bonds. The Kier molecular flexibility index (Phi) is 5.16. The number of carbonyl (C=O) groups is 2. The van der Waals surface area contributed by atoms with Crippen LogP contribution in [0.5, 0.6) is 0 Å². The Morgan fingerprint density at radius 1 is 1.39 bits per heavy atom. The number of hydrogen-bond donors (Lipinski definition) is 1. The summed E-state index contributed by atoms with van der Waals surface area (Å²) in [5.41, 5.74) is 0.905. The molecule has 0 aliphatic heterocycles. The zero-order chi connectivity index (χ0) is 13.9. The number of amides is 2. The van der Waals surface area contributed by atoms with Gasteiger partial charge in [0.1, 0.15) is 0 Å². The van der Waals surface area contributed by atoms with E-state index >= 15 is 0 Å². The van der Waals surface area contributed by atoms with Crippen molar-refractivity contribution >= 4 is 45.0 Å². The van der Waals surface area contributed by atoms with E-state index in [1.54, 1.807) is 39.2 Å². The molecular formula is C12H14BrClN2O2. The van der Waals surface area contributed by atoms with E-state index in [4.69, 9.17) is 11.6 Å². The van der Waals surface area contributed by atoms with Crippen molar-refractivity contribution in [1.29, 1.82) is 0 Å². The zero-order valence-electron chi connectivity index (χ0n) is 10.3. The predicted molar refractivity (Wildman–Crippen MR) is 76.5 cm³/mol. The predicted octanol–water partition coefficient (Wildman–Crippen LogP) is 2.76. The Balaban J connectivity index is 3.01. The van der Waals surface area contributed by atoms with Crippen LogP contribution in [-0.4, -0.2) is 35.6 Å². The maximum absolute atomic E-state index is 11.9. The van der Waals surface area contributed by atoms with E-state index in [1.807, 2.05) is 0 Å². The van der Waals surface area contributed by atoms with Crippen LogP contribution in [0.25, 0.3) is 0 Å². The molecule has 6 heteroatoms. The van der Waals surface area contributed by atoms with Gasteiger partial charge in [0.15, 0.2) is 0 Å². The molecule has 0 spiro atoms. The van der Waals surface area contributed by atoms with Gasteiger partial charge in [0, 0.05) is 19.8 Å². The molecule has 0 aliphatic carbocycles. The lowest BCUT2D eigenvalue weighted by molar-refractivity contribution is -0.115. The fraction of sp³-hybridized carbons (Fsp3) is 0.333. The quantitative estimate of drug-likeness (QED) is 0.865. The van der Waals surface area contributed by atoms with Crippen molar-refractivity contribution in [3.05, 3.63) is 28.8 Å². The van der Waals surface area contributed by atoms with Crippen LogP contribution >= 0.6 is 27.5 Å². The Morgan fingerprint density at radius 3 is 2.50 bits per heavy atom. The average Bonchev–Trinajstić information content (AvgIpc) is 2.30. The third kappa shape index (κ3) is 3.71. The minimum Gasteiger partial charge on any atom is -0.345 e. The molecule has 1 aromatic carbocycles. The SMILES string of the molecule is CC(Br)C(=O)Nc1ccc(Cl)c(C(=O)N(C)C)c1. The van der Waals surface area contributed by atoms with Crippen molar-refractivity contribution in [2.75, 3.05) is 19.4 Å². The Labute approximate surface area is 119 Å². The molecule has 0 saturated heterocycles. The van der Waals surface area contributed by atoms with Crippen LogP contribution in [0.1, 0.15) is 17.3 Å². The number of anilines is 1. The molecule has 98 valence electrons. The fourth-order valence-corrected chi connectivity index (χ4v) is 1.56. The van der Waals surface area contributed by atoms with Gasteiger partial charge in [-0.25, -0.2) is 0 Å². The van der Waals surface area contributed by atoms with E-state index in [9.17, 15) is 9.59 Å². The molecule has 1 atom stereocenters. The van der Waals surface area contributed by atoms with Gasteiger partial charge in [-0.1, -0.05) is 27.5 Å². The molecule has 0 heterocycles. The summed E-state index contributed by atoms with van der Waals surface area (Å²) >= 11 is 9.13. The molecule has 0 aromatic heterocycles. The van der Waals surface area contributed by atoms with Crippen LogP contribution in [0, 0.1) is 0 Å². The van der Waals surface area contributed by atoms with Crippen molar-refractivity contribution in [2.45, 2.75) is 11.8 Å². The van der Waals surface area contributed by atoms with Gasteiger partial charge in [0.25, 0.3) is 5.91 Å². The molecule has 1 N–H and O–H groups in total. The van der Waals surface area contributed by atoms with Crippen LogP contribution < -0.4 is 5.32 Å². The van der Waals surface area contributed by atoms with Crippen molar-refractivity contribution in [3.63, 3.8) is 0 Å². The smallest absolute Gasteiger partial charge is 0.254 e. The van der Waals surface area contributed by atoms with E-state index < -0.39 is 0 Å². The second-order valence-corrected chi connectivity index (χ2v) is 5.78. The molecule has 0 bridgehead atoms. The number of carbonyl (C=O) groups excluding carboxylic acids is 2. The summed E-state index contributed by atoms with van der Waals surface area (Å²) in [4.78, 5) is 24.5. The first-order valence-corrected chi connectivity index (χ1v) is 6.58. The number of hydrogen-bond acceptors (Lipinski definition) is 2. The second kappa shape index (κ2) is 6.20. The first-order chi connectivity index (χ1) is 8.32. The highest BCUT2D eigenvalue weighted by Gasteiger charge is 2.15. The van der Waals surface area contributed by atoms with Crippen molar-refractivity contribution in [3.8, 4) is 0 Å². The van der Waals surface area contributed by atoms with E-state index in [0.29, 0.717) is 16.3 Å². The molecule has 0 saturated carbocycles. The van der Waals surface area contributed by atoms with Crippen LogP contribution in [0.4, 0.5) is 5.69 Å². The van der Waals surface area contributed by atoms with Crippen LogP contribution in [0.3, 0.4) is 0 Å². The molecule has 1 unspecified atom stereocenters. The van der Waals surface area contributed by atoms with Crippen molar-refractivity contribution in [1.82, 2.24) is 4.90 Å². The van der Waals surface area contributed by atoms with Gasteiger partial charge in [-0.15, -0.1) is 0 Å². The first kappa shape index (κ1) is 15.0. The molecule has 0 aliphatic rings. The van der Waals surface area contributed by atoms with Crippen molar-refractivity contribution in [2.24, 2.45) is 0 Å². The minimum atomic E-state index is -0.304. The molecular weight excluding hydrogens is 320 g/mol. The Hall–Kier alpha value is -1.07. The summed E-state index contributed by atoms with van der Waals surface area (Å²) in [6.07, 6.45) is 0. The topological polar surface area (TPSA) is 49.4 Å². The highest BCUT2D eigenvalue weighted by atomic mass is 79.9. The fourth-order valence-electron chi connectivity index (χ4n) is 1.25. The third-order valence-corrected chi connectivity index (χ3v) is 2.98. The summed E-state index contributed by atoms with van der Waals surface area (Å²) < 4.78 is 0. The largest absolute Gasteiger partial charge is 0.345 e. The lowest BCUT2D eigenvalue weighted by Gasteiger charge is -2.13. The lowest BCUT2D eigenvalue weighted by atomic mass is 10.1. The van der Waals surface area contributed by atoms with E-state index in [0.717, 1.165) is 0 Å². The van der Waals surface area contributed by atoms with E-state index in [2.05, 4.69) is 21.2 Å². The number of halogens is 2. The zero-order valence-corrected chi connectivity index (χ0v) is 12.7. The Bertz CT molecular complexity index is 475. The van der Waals surface area contributed by atoms with Crippen LogP contribution in [0.15, 0.2) is 18.2 Å². The molecule has 1 rings (SSSR count). The minimum absolute atomic E-state index is 0.180. The van der Waals surface area contributed by atoms with Gasteiger partial charge < -0.3 is 10.2 Å². The van der Waals surface area contributed by atoms with Gasteiger partial charge in [-0.2, -0.15) is 0 Å². The normalized spacial score (nSPS) is 11.8. The summed E-state index contributed by atoms with van der Waals surface area (Å²) in [7, 11) is 3.29. The van der Waals surface area contributed by atoms with Gasteiger partial charge in [0.2, 0.25) is 5.91 Å². The third-order valence-electron chi connectivity index (χ3n) is 2.23. The van der Waals surface area contributed by atoms with E-state index in [1.165, 1.54) is 4.90 Å². The number of nitrogens with one attached hydrogen (secondary N) is 1. The van der Waals surface area contributed by atoms with E-state index in [-0.39, 0.29) is 16.6 Å². The summed E-state index contributed by atoms with van der Waals surface area (Å²) in [6.45, 7) is 1.72. The molecule has 1 aromatic rings. The average molecular weight is 334 g/mol. The first-order valence-electron chi connectivity index (χ1n) is 5.29. The lowest BCUT2D eigenvalue weighted by Crippen LogP contribution is -2.23. The monoisotopic (exact) mass is 332 g/mol. The Morgan fingerprint density at radius 2 is 2.00 bits per heavy atom. The molecule has 18 heavy (non-hydrogen) atoms. The van der Waals surface area contributed by atoms with Gasteiger partial charge in [-0.3, -0.25) is 9.59 Å². The summed E-state index contributed by atoms with van der Waals surface area (Å²) in [5, 5.41) is 3.05. The number of alkyl halides is 1. The number of nitrogens with zero attached hydrogens (tertiary/aromatic N) is 1. The summed E-state index contributed by atoms with van der Waals surface area (Å²) in [6, 6.07) is 4.81.